The van der Waals surface area contributed by atoms with Crippen LogP contribution in [0.25, 0.3) is 0 Å². The lowest BCUT2D eigenvalue weighted by atomic mass is 10.1. The highest BCUT2D eigenvalue weighted by molar-refractivity contribution is 8.29. The lowest BCUT2D eigenvalue weighted by Crippen LogP contribution is -1.99. The molecule has 0 N–H and O–H groups in total. The SMILES string of the molecule is CC.CC(=O)Cc1ccc(S(F)(c2ccccc2)c2ccccc2)cc1. The van der Waals surface area contributed by atoms with Crippen molar-refractivity contribution in [1.29, 1.82) is 0 Å². The Morgan fingerprint density at radius 1 is 0.731 bits per heavy atom. The van der Waals surface area contributed by atoms with E-state index in [0.29, 0.717) is 21.1 Å². The maximum absolute atomic E-state index is 16.4. The van der Waals surface area contributed by atoms with Crippen molar-refractivity contribution in [3.63, 3.8) is 0 Å². The van der Waals surface area contributed by atoms with Crippen LogP contribution in [-0.4, -0.2) is 5.78 Å². The molecule has 3 heteroatoms. The summed E-state index contributed by atoms with van der Waals surface area (Å²) in [6.45, 7) is 5.56. The van der Waals surface area contributed by atoms with Gasteiger partial charge in [-0.2, -0.15) is 3.89 Å². The van der Waals surface area contributed by atoms with Crippen LogP contribution in [0.3, 0.4) is 0 Å². The van der Waals surface area contributed by atoms with Crippen LogP contribution in [0.5, 0.6) is 0 Å². The average Bonchev–Trinajstić information content (AvgIpc) is 2.70. The predicted octanol–water partition coefficient (Wildman–Crippen LogP) is 7.01. The van der Waals surface area contributed by atoms with Crippen LogP contribution in [0.2, 0.25) is 0 Å². The fraction of sp³-hybridized carbons (Fsp3) is 0.174. The molecule has 1 nitrogen and oxygen atoms in total. The Balaban J connectivity index is 0.00000117. The van der Waals surface area contributed by atoms with Crippen LogP contribution in [-0.2, 0) is 11.2 Å². The van der Waals surface area contributed by atoms with Gasteiger partial charge >= 0.3 is 0 Å². The van der Waals surface area contributed by atoms with Crippen LogP contribution in [0.15, 0.2) is 99.6 Å². The van der Waals surface area contributed by atoms with Crippen molar-refractivity contribution in [3.05, 3.63) is 90.5 Å². The van der Waals surface area contributed by atoms with Crippen LogP contribution in [0.4, 0.5) is 3.89 Å². The fourth-order valence-electron chi connectivity index (χ4n) is 2.71. The number of carbonyl (C=O) groups excluding carboxylic acids is 1. The first-order valence-electron chi connectivity index (χ1n) is 8.82. The van der Waals surface area contributed by atoms with Crippen LogP contribution >= 0.6 is 10.4 Å². The van der Waals surface area contributed by atoms with Gasteiger partial charge in [0.1, 0.15) is 5.78 Å². The number of Topliss-reactive ketones (excluding diaryl/α,β-unsaturated/α-hetero) is 1. The van der Waals surface area contributed by atoms with E-state index in [1.54, 1.807) is 6.92 Å². The van der Waals surface area contributed by atoms with E-state index in [1.165, 1.54) is 0 Å². The first-order chi connectivity index (χ1) is 12.6. The highest BCUT2D eigenvalue weighted by Crippen LogP contribution is 2.69. The fourth-order valence-corrected chi connectivity index (χ4v) is 5.10. The van der Waals surface area contributed by atoms with E-state index in [-0.39, 0.29) is 5.78 Å². The zero-order valence-corrected chi connectivity index (χ0v) is 16.3. The molecule has 0 heterocycles. The maximum atomic E-state index is 16.4. The summed E-state index contributed by atoms with van der Waals surface area (Å²) in [4.78, 5) is 13.3. The molecule has 26 heavy (non-hydrogen) atoms. The van der Waals surface area contributed by atoms with Crippen molar-refractivity contribution in [3.8, 4) is 0 Å². The third-order valence-electron chi connectivity index (χ3n) is 3.84. The monoisotopic (exact) mass is 368 g/mol. The van der Waals surface area contributed by atoms with Gasteiger partial charge in [-0.3, -0.25) is 4.79 Å². The molecule has 0 atom stereocenters. The zero-order chi connectivity index (χ0) is 19.0. The van der Waals surface area contributed by atoms with E-state index < -0.39 is 10.4 Å². The summed E-state index contributed by atoms with van der Waals surface area (Å²) in [6, 6.07) is 25.9. The molecule has 0 spiro atoms. The Morgan fingerprint density at radius 3 is 1.50 bits per heavy atom. The number of rotatable bonds is 5. The van der Waals surface area contributed by atoms with Gasteiger partial charge in [0.2, 0.25) is 0 Å². The van der Waals surface area contributed by atoms with Gasteiger partial charge in [-0.05, 0) is 59.3 Å². The number of halogens is 1. The third-order valence-corrected chi connectivity index (χ3v) is 6.60. The van der Waals surface area contributed by atoms with Gasteiger partial charge in [0.25, 0.3) is 0 Å². The number of ketones is 1. The zero-order valence-electron chi connectivity index (χ0n) is 15.5. The summed E-state index contributed by atoms with van der Waals surface area (Å²) in [5, 5.41) is 0. The molecule has 3 rings (SSSR count). The molecule has 0 aliphatic rings. The Bertz CT molecular complexity index is 774. The number of hydrogen-bond acceptors (Lipinski definition) is 1. The van der Waals surface area contributed by atoms with Gasteiger partial charge < -0.3 is 0 Å². The summed E-state index contributed by atoms with van der Waals surface area (Å²) < 4.78 is 16.4. The van der Waals surface area contributed by atoms with Crippen molar-refractivity contribution in [2.24, 2.45) is 0 Å². The molecule has 0 aliphatic heterocycles. The van der Waals surface area contributed by atoms with Crippen molar-refractivity contribution in [2.75, 3.05) is 0 Å². The second-order valence-corrected chi connectivity index (χ2v) is 8.18. The van der Waals surface area contributed by atoms with Crippen LogP contribution < -0.4 is 0 Å². The summed E-state index contributed by atoms with van der Waals surface area (Å²) in [5.41, 5.74) is 0.911. The van der Waals surface area contributed by atoms with E-state index in [2.05, 4.69) is 0 Å². The molecule has 0 aliphatic carbocycles. The number of hydrogen-bond donors (Lipinski definition) is 0. The van der Waals surface area contributed by atoms with Crippen molar-refractivity contribution in [2.45, 2.75) is 41.9 Å². The normalized spacial score (nSPS) is 11.2. The molecule has 0 radical (unpaired) electrons. The molecule has 3 aromatic rings. The van der Waals surface area contributed by atoms with E-state index >= 15 is 3.89 Å². The molecule has 0 unspecified atom stereocenters. The largest absolute Gasteiger partial charge is 0.300 e. The first-order valence-corrected chi connectivity index (χ1v) is 10.4. The lowest BCUT2D eigenvalue weighted by Gasteiger charge is -2.32. The van der Waals surface area contributed by atoms with Crippen LogP contribution in [0.1, 0.15) is 26.3 Å². The quantitative estimate of drug-likeness (QED) is 0.473. The molecule has 0 saturated heterocycles. The maximum Gasteiger partial charge on any atom is 0.134 e. The molecular formula is C23H25FOS. The molecule has 3 aromatic carbocycles. The number of benzene rings is 3. The van der Waals surface area contributed by atoms with Gasteiger partial charge in [-0.1, -0.05) is 62.4 Å². The second kappa shape index (κ2) is 9.35. The standard InChI is InChI=1S/C21H19FOS.C2H6/c1-17(23)16-18-12-14-21(15-13-18)24(22,19-8-4-2-5-9-19)20-10-6-3-7-11-20;1-2/h2-15H,16H2,1H3;1-2H3. The molecule has 0 amide bonds. The van der Waals surface area contributed by atoms with Gasteiger partial charge in [0, 0.05) is 21.1 Å². The average molecular weight is 369 g/mol. The highest BCUT2D eigenvalue weighted by Gasteiger charge is 2.30. The molecule has 136 valence electrons. The Labute approximate surface area is 157 Å². The first kappa shape index (κ1) is 19.9. The molecule has 0 saturated carbocycles. The van der Waals surface area contributed by atoms with Gasteiger partial charge in [-0.25, -0.2) is 0 Å². The van der Waals surface area contributed by atoms with E-state index in [9.17, 15) is 4.79 Å². The molecule has 0 bridgehead atoms. The Kier molecular flexibility index (Phi) is 7.16. The van der Waals surface area contributed by atoms with E-state index in [0.717, 1.165) is 5.56 Å². The third kappa shape index (κ3) is 4.41. The van der Waals surface area contributed by atoms with Crippen molar-refractivity contribution >= 4 is 16.2 Å². The number of carbonyl (C=O) groups is 1. The van der Waals surface area contributed by atoms with E-state index in [4.69, 9.17) is 0 Å². The van der Waals surface area contributed by atoms with Crippen molar-refractivity contribution < 1.29 is 8.68 Å². The van der Waals surface area contributed by atoms with E-state index in [1.807, 2.05) is 98.8 Å². The summed E-state index contributed by atoms with van der Waals surface area (Å²) in [7, 11) is -2.81. The molecule has 0 fully saturated rings. The minimum atomic E-state index is -2.81. The minimum absolute atomic E-state index is 0.104. The minimum Gasteiger partial charge on any atom is -0.300 e. The smallest absolute Gasteiger partial charge is 0.134 e. The lowest BCUT2D eigenvalue weighted by molar-refractivity contribution is -0.116. The Hall–Kier alpha value is -2.39. The second-order valence-electron chi connectivity index (χ2n) is 5.69. The molecule has 0 aromatic heterocycles. The predicted molar refractivity (Wildman–Crippen MR) is 109 cm³/mol. The van der Waals surface area contributed by atoms with Crippen LogP contribution in [0, 0.1) is 0 Å². The highest BCUT2D eigenvalue weighted by atomic mass is 32.3. The Morgan fingerprint density at radius 2 is 1.12 bits per heavy atom. The van der Waals surface area contributed by atoms with Gasteiger partial charge in [0.05, 0.1) is 0 Å². The summed E-state index contributed by atoms with van der Waals surface area (Å²) >= 11 is 0. The summed E-state index contributed by atoms with van der Waals surface area (Å²) in [6.07, 6.45) is 0.381. The summed E-state index contributed by atoms with van der Waals surface area (Å²) in [5.74, 6) is 0.104. The van der Waals surface area contributed by atoms with Crippen molar-refractivity contribution in [1.82, 2.24) is 0 Å². The van der Waals surface area contributed by atoms with Gasteiger partial charge in [-0.15, -0.1) is 0 Å². The molecular weight excluding hydrogens is 343 g/mol. The topological polar surface area (TPSA) is 17.1 Å². The van der Waals surface area contributed by atoms with Gasteiger partial charge in [0.15, 0.2) is 0 Å².